The Labute approximate surface area is 160 Å². The maximum Gasteiger partial charge on any atom is 0.338 e. The van der Waals surface area contributed by atoms with Gasteiger partial charge in [-0.15, -0.1) is 0 Å². The van der Waals surface area contributed by atoms with Crippen molar-refractivity contribution < 1.29 is 14.3 Å². The van der Waals surface area contributed by atoms with Crippen LogP contribution < -0.4 is 5.32 Å². The Hall–Kier alpha value is -2.60. The molecule has 2 aromatic rings. The molecule has 3 rings (SSSR count). The largest absolute Gasteiger partial charge is 0.459 e. The van der Waals surface area contributed by atoms with E-state index in [1.165, 1.54) is 5.69 Å². The molecular weight excluding hydrogens is 342 g/mol. The molecule has 6 nitrogen and oxygen atoms in total. The molecule has 1 amide bonds. The van der Waals surface area contributed by atoms with Gasteiger partial charge in [-0.1, -0.05) is 0 Å². The second-order valence-electron chi connectivity index (χ2n) is 7.25. The molecule has 27 heavy (non-hydrogen) atoms. The molecular formula is C21H27N3O3. The third kappa shape index (κ3) is 4.77. The van der Waals surface area contributed by atoms with Gasteiger partial charge in [0.2, 0.25) is 5.91 Å². The predicted octanol–water partition coefficient (Wildman–Crippen LogP) is 3.37. The van der Waals surface area contributed by atoms with Crippen LogP contribution in [0.1, 0.15) is 48.8 Å². The smallest absolute Gasteiger partial charge is 0.338 e. The monoisotopic (exact) mass is 369 g/mol. The van der Waals surface area contributed by atoms with Crippen molar-refractivity contribution in [2.45, 2.75) is 38.8 Å². The zero-order valence-electron chi connectivity index (χ0n) is 16.1. The van der Waals surface area contributed by atoms with Gasteiger partial charge >= 0.3 is 5.97 Å². The summed E-state index contributed by atoms with van der Waals surface area (Å²) in [4.78, 5) is 26.6. The van der Waals surface area contributed by atoms with E-state index in [1.807, 2.05) is 33.2 Å². The predicted molar refractivity (Wildman–Crippen MR) is 105 cm³/mol. The van der Waals surface area contributed by atoms with Gasteiger partial charge in [0.15, 0.2) is 0 Å². The third-order valence-electron chi connectivity index (χ3n) is 4.78. The van der Waals surface area contributed by atoms with E-state index in [0.717, 1.165) is 19.4 Å². The van der Waals surface area contributed by atoms with Crippen molar-refractivity contribution >= 4 is 17.6 Å². The highest BCUT2D eigenvalue weighted by Gasteiger charge is 2.28. The molecule has 0 unspecified atom stereocenters. The summed E-state index contributed by atoms with van der Waals surface area (Å²) in [5, 5.41) is 2.92. The minimum atomic E-state index is -0.356. The molecule has 1 fully saturated rings. The number of likely N-dealkylation sites (tertiary alicyclic amines) is 1. The summed E-state index contributed by atoms with van der Waals surface area (Å²) in [6.45, 7) is 4.90. The van der Waals surface area contributed by atoms with E-state index in [9.17, 15) is 9.59 Å². The zero-order chi connectivity index (χ0) is 19.4. The van der Waals surface area contributed by atoms with Crippen LogP contribution in [0.5, 0.6) is 0 Å². The van der Waals surface area contributed by atoms with Crippen LogP contribution in [-0.4, -0.2) is 40.5 Å². The number of esters is 1. The molecule has 1 aliphatic heterocycles. The molecule has 0 saturated carbocycles. The maximum absolute atomic E-state index is 12.5. The number of anilines is 1. The minimum Gasteiger partial charge on any atom is -0.459 e. The van der Waals surface area contributed by atoms with Crippen LogP contribution in [0.25, 0.3) is 0 Å². The lowest BCUT2D eigenvalue weighted by atomic mass is 10.1. The SMILES string of the molecule is CC(C)OC(=O)c1ccc(NC(=O)CN2CCC[C@@H]2c2cccn2C)cc1. The first-order chi connectivity index (χ1) is 12.9. The van der Waals surface area contributed by atoms with Gasteiger partial charge < -0.3 is 14.6 Å². The number of carbonyl (C=O) groups is 2. The molecule has 0 spiro atoms. The number of aryl methyl sites for hydroxylation is 1. The second-order valence-corrected chi connectivity index (χ2v) is 7.25. The van der Waals surface area contributed by atoms with E-state index < -0.39 is 0 Å². The molecule has 6 heteroatoms. The van der Waals surface area contributed by atoms with Gasteiger partial charge in [-0.05, 0) is 69.6 Å². The first-order valence-corrected chi connectivity index (χ1v) is 9.40. The van der Waals surface area contributed by atoms with E-state index in [0.29, 0.717) is 17.8 Å². The maximum atomic E-state index is 12.5. The van der Waals surface area contributed by atoms with Crippen molar-refractivity contribution in [3.63, 3.8) is 0 Å². The molecule has 2 heterocycles. The van der Waals surface area contributed by atoms with Gasteiger partial charge in [-0.2, -0.15) is 0 Å². The fourth-order valence-corrected chi connectivity index (χ4v) is 3.53. The average Bonchev–Trinajstić information content (AvgIpc) is 3.23. The van der Waals surface area contributed by atoms with Gasteiger partial charge in [0.25, 0.3) is 0 Å². The average molecular weight is 369 g/mol. The standard InChI is InChI=1S/C21H27N3O3/c1-15(2)27-21(26)16-8-10-17(11-9-16)22-20(25)14-24-13-5-7-19(24)18-6-4-12-23(18)3/h4,6,8-12,15,19H,5,7,13-14H2,1-3H3,(H,22,25)/t19-/m1/s1. The number of nitrogens with zero attached hydrogens (tertiary/aromatic N) is 2. The van der Waals surface area contributed by atoms with Gasteiger partial charge in [0.05, 0.1) is 24.3 Å². The van der Waals surface area contributed by atoms with E-state index in [2.05, 4.69) is 20.9 Å². The second kappa shape index (κ2) is 8.39. The number of benzene rings is 1. The van der Waals surface area contributed by atoms with E-state index in [1.54, 1.807) is 24.3 Å². The highest BCUT2D eigenvalue weighted by Crippen LogP contribution is 2.31. The van der Waals surface area contributed by atoms with Crippen LogP contribution in [0.2, 0.25) is 0 Å². The Kier molecular flexibility index (Phi) is 5.96. The highest BCUT2D eigenvalue weighted by molar-refractivity contribution is 5.94. The fourth-order valence-electron chi connectivity index (χ4n) is 3.53. The van der Waals surface area contributed by atoms with Crippen LogP contribution >= 0.6 is 0 Å². The molecule has 1 saturated heterocycles. The van der Waals surface area contributed by atoms with Crippen molar-refractivity contribution in [3.8, 4) is 0 Å². The van der Waals surface area contributed by atoms with Crippen molar-refractivity contribution in [2.24, 2.45) is 7.05 Å². The molecule has 1 aromatic heterocycles. The van der Waals surface area contributed by atoms with Crippen molar-refractivity contribution in [1.82, 2.24) is 9.47 Å². The summed E-state index contributed by atoms with van der Waals surface area (Å²) in [6, 6.07) is 11.2. The number of hydrogen-bond donors (Lipinski definition) is 1. The lowest BCUT2D eigenvalue weighted by molar-refractivity contribution is -0.117. The van der Waals surface area contributed by atoms with Crippen LogP contribution in [0.4, 0.5) is 5.69 Å². The van der Waals surface area contributed by atoms with Gasteiger partial charge in [0, 0.05) is 24.6 Å². The topological polar surface area (TPSA) is 63.6 Å². The molecule has 0 aliphatic carbocycles. The molecule has 1 atom stereocenters. The number of rotatable bonds is 6. The summed E-state index contributed by atoms with van der Waals surface area (Å²) in [6.07, 6.45) is 4.04. The number of nitrogens with one attached hydrogen (secondary N) is 1. The van der Waals surface area contributed by atoms with Crippen molar-refractivity contribution in [2.75, 3.05) is 18.4 Å². The van der Waals surface area contributed by atoms with Crippen LogP contribution in [0, 0.1) is 0 Å². The first-order valence-electron chi connectivity index (χ1n) is 9.40. The Morgan fingerprint density at radius 2 is 1.96 bits per heavy atom. The zero-order valence-corrected chi connectivity index (χ0v) is 16.1. The first kappa shape index (κ1) is 19.2. The van der Waals surface area contributed by atoms with Gasteiger partial charge in [0.1, 0.15) is 0 Å². The molecule has 0 radical (unpaired) electrons. The van der Waals surface area contributed by atoms with Gasteiger partial charge in [-0.3, -0.25) is 9.69 Å². The van der Waals surface area contributed by atoms with Crippen molar-refractivity contribution in [1.29, 1.82) is 0 Å². The quantitative estimate of drug-likeness (QED) is 0.793. The van der Waals surface area contributed by atoms with E-state index in [-0.39, 0.29) is 24.0 Å². The number of hydrogen-bond acceptors (Lipinski definition) is 4. The summed E-state index contributed by atoms with van der Waals surface area (Å²) in [5.41, 5.74) is 2.40. The fraction of sp³-hybridized carbons (Fsp3) is 0.429. The lowest BCUT2D eigenvalue weighted by Gasteiger charge is -2.24. The number of aromatic nitrogens is 1. The van der Waals surface area contributed by atoms with Crippen LogP contribution in [-0.2, 0) is 16.6 Å². The van der Waals surface area contributed by atoms with Crippen molar-refractivity contribution in [3.05, 3.63) is 53.9 Å². The Morgan fingerprint density at radius 1 is 1.22 bits per heavy atom. The number of carbonyl (C=O) groups excluding carboxylic acids is 2. The van der Waals surface area contributed by atoms with Crippen LogP contribution in [0.15, 0.2) is 42.6 Å². The molecule has 0 bridgehead atoms. The Bertz CT molecular complexity index is 795. The minimum absolute atomic E-state index is 0.0476. The molecule has 1 aliphatic rings. The third-order valence-corrected chi connectivity index (χ3v) is 4.78. The summed E-state index contributed by atoms with van der Waals surface area (Å²) in [7, 11) is 2.04. The normalized spacial score (nSPS) is 17.3. The Balaban J connectivity index is 1.57. The van der Waals surface area contributed by atoms with Gasteiger partial charge in [-0.25, -0.2) is 4.79 Å². The molecule has 1 N–H and O–H groups in total. The number of amides is 1. The van der Waals surface area contributed by atoms with E-state index in [4.69, 9.17) is 4.74 Å². The lowest BCUT2D eigenvalue weighted by Crippen LogP contribution is -2.33. The van der Waals surface area contributed by atoms with Crippen LogP contribution in [0.3, 0.4) is 0 Å². The van der Waals surface area contributed by atoms with E-state index >= 15 is 0 Å². The summed E-state index contributed by atoms with van der Waals surface area (Å²) < 4.78 is 7.29. The highest BCUT2D eigenvalue weighted by atomic mass is 16.5. The Morgan fingerprint density at radius 3 is 2.59 bits per heavy atom. The molecule has 144 valence electrons. The molecule has 1 aromatic carbocycles. The number of ether oxygens (including phenoxy) is 1. The summed E-state index contributed by atoms with van der Waals surface area (Å²) in [5.74, 6) is -0.404. The summed E-state index contributed by atoms with van der Waals surface area (Å²) >= 11 is 0.